The molecule has 0 fully saturated rings. The molecule has 0 atom stereocenters. The molecule has 20 heavy (non-hydrogen) atoms. The zero-order valence-electron chi connectivity index (χ0n) is 10.7. The largest absolute Gasteiger partial charge is 0.344 e. The van der Waals surface area contributed by atoms with E-state index in [0.29, 0.717) is 23.4 Å². The van der Waals surface area contributed by atoms with Crippen molar-refractivity contribution < 1.29 is 14.4 Å². The van der Waals surface area contributed by atoms with E-state index in [0.717, 1.165) is 6.29 Å². The van der Waals surface area contributed by atoms with E-state index in [9.17, 15) is 14.4 Å². The fourth-order valence-electron chi connectivity index (χ4n) is 2.39. The van der Waals surface area contributed by atoms with E-state index in [1.807, 2.05) is 0 Å². The molecule has 0 unspecified atom stereocenters. The van der Waals surface area contributed by atoms with Gasteiger partial charge in [0.15, 0.2) is 6.29 Å². The van der Waals surface area contributed by atoms with Crippen LogP contribution in [-0.2, 0) is 6.54 Å². The Hall–Kier alpha value is -2.69. The van der Waals surface area contributed by atoms with Crippen molar-refractivity contribution in [3.63, 3.8) is 0 Å². The Balaban J connectivity index is 1.79. The molecular weight excluding hydrogens is 256 g/mol. The zero-order chi connectivity index (χ0) is 14.1. The standard InChI is InChI=1S/C15H12N2O3/c18-10-11-4-3-7-16(11)8-9-17-14(19)12-5-1-2-6-13(12)15(17)20/h1-7,10H,8-9H2. The Kier molecular flexibility index (Phi) is 2.95. The van der Waals surface area contributed by atoms with Crippen molar-refractivity contribution in [2.24, 2.45) is 0 Å². The summed E-state index contributed by atoms with van der Waals surface area (Å²) in [6, 6.07) is 10.2. The van der Waals surface area contributed by atoms with E-state index in [2.05, 4.69) is 0 Å². The summed E-state index contributed by atoms with van der Waals surface area (Å²) < 4.78 is 1.72. The van der Waals surface area contributed by atoms with E-state index in [1.54, 1.807) is 47.2 Å². The van der Waals surface area contributed by atoms with Crippen LogP contribution in [0.5, 0.6) is 0 Å². The minimum atomic E-state index is -0.273. The topological polar surface area (TPSA) is 59.4 Å². The van der Waals surface area contributed by atoms with Gasteiger partial charge in [0.1, 0.15) is 0 Å². The van der Waals surface area contributed by atoms with Gasteiger partial charge in [-0.15, -0.1) is 0 Å². The zero-order valence-corrected chi connectivity index (χ0v) is 10.7. The highest BCUT2D eigenvalue weighted by atomic mass is 16.2. The summed E-state index contributed by atoms with van der Waals surface area (Å²) in [5, 5.41) is 0. The minimum absolute atomic E-state index is 0.252. The van der Waals surface area contributed by atoms with Gasteiger partial charge in [-0.25, -0.2) is 0 Å². The minimum Gasteiger partial charge on any atom is -0.344 e. The third-order valence-electron chi connectivity index (χ3n) is 3.43. The Bertz CT molecular complexity index is 668. The highest BCUT2D eigenvalue weighted by molar-refractivity contribution is 6.21. The molecule has 0 saturated carbocycles. The van der Waals surface area contributed by atoms with Crippen LogP contribution in [0.15, 0.2) is 42.6 Å². The molecule has 0 saturated heterocycles. The van der Waals surface area contributed by atoms with Crippen molar-refractivity contribution in [2.75, 3.05) is 6.54 Å². The van der Waals surface area contributed by atoms with E-state index in [-0.39, 0.29) is 18.4 Å². The molecular formula is C15H12N2O3. The molecule has 0 N–H and O–H groups in total. The molecule has 1 aromatic heterocycles. The number of imide groups is 1. The summed E-state index contributed by atoms with van der Waals surface area (Å²) in [6.45, 7) is 0.661. The second-order valence-electron chi connectivity index (χ2n) is 4.55. The van der Waals surface area contributed by atoms with Crippen molar-refractivity contribution in [1.29, 1.82) is 0 Å². The highest BCUT2D eigenvalue weighted by Gasteiger charge is 2.34. The molecule has 0 aliphatic carbocycles. The number of benzene rings is 1. The van der Waals surface area contributed by atoms with Crippen LogP contribution < -0.4 is 0 Å². The maximum Gasteiger partial charge on any atom is 0.261 e. The number of amides is 2. The van der Waals surface area contributed by atoms with Crippen LogP contribution in [0.1, 0.15) is 31.2 Å². The number of nitrogens with zero attached hydrogens (tertiary/aromatic N) is 2. The van der Waals surface area contributed by atoms with Gasteiger partial charge in [-0.3, -0.25) is 19.3 Å². The predicted octanol–water partition coefficient (Wildman–Crippen LogP) is 1.60. The SMILES string of the molecule is O=Cc1cccn1CCN1C(=O)c2ccccc2C1=O. The first-order valence-electron chi connectivity index (χ1n) is 6.28. The van der Waals surface area contributed by atoms with Crippen molar-refractivity contribution in [1.82, 2.24) is 9.47 Å². The summed E-state index contributed by atoms with van der Waals surface area (Å²) >= 11 is 0. The monoisotopic (exact) mass is 268 g/mol. The summed E-state index contributed by atoms with van der Waals surface area (Å²) in [5.41, 5.74) is 1.42. The molecule has 2 heterocycles. The first kappa shape index (κ1) is 12.3. The first-order valence-corrected chi connectivity index (χ1v) is 6.28. The summed E-state index contributed by atoms with van der Waals surface area (Å²) in [6.07, 6.45) is 2.50. The maximum absolute atomic E-state index is 12.1. The number of fused-ring (bicyclic) bond motifs is 1. The lowest BCUT2D eigenvalue weighted by molar-refractivity contribution is 0.0649. The molecule has 2 amide bonds. The maximum atomic E-state index is 12.1. The number of carbonyl (C=O) groups excluding carboxylic acids is 3. The van der Waals surface area contributed by atoms with Crippen molar-refractivity contribution in [3.05, 3.63) is 59.4 Å². The summed E-state index contributed by atoms with van der Waals surface area (Å²) in [4.78, 5) is 36.3. The van der Waals surface area contributed by atoms with Crippen molar-refractivity contribution in [2.45, 2.75) is 6.54 Å². The van der Waals surface area contributed by atoms with E-state index >= 15 is 0 Å². The second-order valence-corrected chi connectivity index (χ2v) is 4.55. The molecule has 0 spiro atoms. The first-order chi connectivity index (χ1) is 9.72. The fraction of sp³-hybridized carbons (Fsp3) is 0.133. The van der Waals surface area contributed by atoms with Gasteiger partial charge >= 0.3 is 0 Å². The molecule has 1 aliphatic rings. The summed E-state index contributed by atoms with van der Waals surface area (Å²) in [7, 11) is 0. The predicted molar refractivity (Wildman–Crippen MR) is 71.6 cm³/mol. The van der Waals surface area contributed by atoms with Gasteiger partial charge in [-0.05, 0) is 24.3 Å². The Morgan fingerprint density at radius 3 is 2.15 bits per heavy atom. The Morgan fingerprint density at radius 2 is 1.55 bits per heavy atom. The van der Waals surface area contributed by atoms with Crippen LogP contribution in [0.3, 0.4) is 0 Å². The van der Waals surface area contributed by atoms with Crippen LogP contribution in [-0.4, -0.2) is 34.1 Å². The van der Waals surface area contributed by atoms with Gasteiger partial charge in [-0.1, -0.05) is 12.1 Å². The van der Waals surface area contributed by atoms with Crippen molar-refractivity contribution in [3.8, 4) is 0 Å². The van der Waals surface area contributed by atoms with Gasteiger partial charge in [0, 0.05) is 19.3 Å². The van der Waals surface area contributed by atoms with Crippen LogP contribution in [0.25, 0.3) is 0 Å². The van der Waals surface area contributed by atoms with Gasteiger partial charge in [0.25, 0.3) is 11.8 Å². The normalized spacial score (nSPS) is 13.7. The Morgan fingerprint density at radius 1 is 0.900 bits per heavy atom. The lowest BCUT2D eigenvalue weighted by atomic mass is 10.1. The molecule has 100 valence electrons. The Labute approximate surface area is 115 Å². The molecule has 1 aromatic carbocycles. The van der Waals surface area contributed by atoms with Gasteiger partial charge in [0.05, 0.1) is 16.8 Å². The van der Waals surface area contributed by atoms with Crippen LogP contribution in [0.4, 0.5) is 0 Å². The van der Waals surface area contributed by atoms with Gasteiger partial charge in [-0.2, -0.15) is 0 Å². The third kappa shape index (κ3) is 1.84. The number of carbonyl (C=O) groups is 3. The molecule has 1 aliphatic heterocycles. The number of aldehydes is 1. The average Bonchev–Trinajstić information content (AvgIpc) is 3.02. The number of hydrogen-bond acceptors (Lipinski definition) is 3. The number of rotatable bonds is 4. The highest BCUT2D eigenvalue weighted by Crippen LogP contribution is 2.22. The van der Waals surface area contributed by atoms with Crippen LogP contribution in [0, 0.1) is 0 Å². The van der Waals surface area contributed by atoms with Crippen LogP contribution >= 0.6 is 0 Å². The lowest BCUT2D eigenvalue weighted by Gasteiger charge is -2.14. The third-order valence-corrected chi connectivity index (χ3v) is 3.43. The smallest absolute Gasteiger partial charge is 0.261 e. The molecule has 0 radical (unpaired) electrons. The molecule has 5 nitrogen and oxygen atoms in total. The average molecular weight is 268 g/mol. The van der Waals surface area contributed by atoms with E-state index in [1.165, 1.54) is 4.90 Å². The van der Waals surface area contributed by atoms with Crippen LogP contribution in [0.2, 0.25) is 0 Å². The lowest BCUT2D eigenvalue weighted by Crippen LogP contribution is -2.33. The van der Waals surface area contributed by atoms with E-state index < -0.39 is 0 Å². The van der Waals surface area contributed by atoms with E-state index in [4.69, 9.17) is 0 Å². The quantitative estimate of drug-likeness (QED) is 0.625. The van der Waals surface area contributed by atoms with Gasteiger partial charge in [0.2, 0.25) is 0 Å². The number of aromatic nitrogens is 1. The van der Waals surface area contributed by atoms with Gasteiger partial charge < -0.3 is 4.57 Å². The molecule has 5 heteroatoms. The molecule has 3 rings (SSSR count). The second kappa shape index (κ2) is 4.77. The molecule has 0 bridgehead atoms. The molecule has 2 aromatic rings. The van der Waals surface area contributed by atoms with Crippen molar-refractivity contribution >= 4 is 18.1 Å². The number of hydrogen-bond donors (Lipinski definition) is 0. The fourth-order valence-corrected chi connectivity index (χ4v) is 2.39. The summed E-state index contributed by atoms with van der Waals surface area (Å²) in [5.74, 6) is -0.546.